The number of benzene rings is 2. The zero-order valence-electron chi connectivity index (χ0n) is 14.5. The van der Waals surface area contributed by atoms with E-state index in [0.717, 1.165) is 11.1 Å². The molecular formula is C20H20ClFN2O2. The van der Waals surface area contributed by atoms with Gasteiger partial charge in [-0.1, -0.05) is 41.9 Å². The Kier molecular flexibility index (Phi) is 5.57. The summed E-state index contributed by atoms with van der Waals surface area (Å²) < 4.78 is 13.3. The van der Waals surface area contributed by atoms with Crippen molar-refractivity contribution in [3.63, 3.8) is 0 Å². The lowest BCUT2D eigenvalue weighted by atomic mass is 10.1. The molecule has 1 atom stereocenters. The van der Waals surface area contributed by atoms with Gasteiger partial charge in [0.15, 0.2) is 0 Å². The minimum absolute atomic E-state index is 0.0531. The number of carbonyl (C=O) groups is 2. The van der Waals surface area contributed by atoms with Crippen LogP contribution in [0.5, 0.6) is 0 Å². The van der Waals surface area contributed by atoms with Crippen molar-refractivity contribution >= 4 is 23.4 Å². The van der Waals surface area contributed by atoms with Gasteiger partial charge >= 0.3 is 0 Å². The Bertz CT molecular complexity index is 840. The predicted molar refractivity (Wildman–Crippen MR) is 98.0 cm³/mol. The van der Waals surface area contributed by atoms with Crippen LogP contribution in [0.1, 0.15) is 23.1 Å². The van der Waals surface area contributed by atoms with Gasteiger partial charge in [0.2, 0.25) is 11.8 Å². The van der Waals surface area contributed by atoms with Crippen molar-refractivity contribution in [3.8, 4) is 0 Å². The van der Waals surface area contributed by atoms with E-state index < -0.39 is 0 Å². The molecule has 4 nitrogen and oxygen atoms in total. The molecule has 1 fully saturated rings. The molecule has 2 aromatic carbocycles. The molecule has 1 aliphatic heterocycles. The Morgan fingerprint density at radius 2 is 2.08 bits per heavy atom. The molecule has 3 rings (SSSR count). The lowest BCUT2D eigenvalue weighted by Gasteiger charge is -2.17. The van der Waals surface area contributed by atoms with Gasteiger partial charge in [-0.05, 0) is 35.7 Å². The summed E-state index contributed by atoms with van der Waals surface area (Å²) in [6.07, 6.45) is 0.193. The van der Waals surface area contributed by atoms with E-state index in [9.17, 15) is 14.0 Å². The van der Waals surface area contributed by atoms with Crippen LogP contribution >= 0.6 is 11.6 Å². The number of halogens is 2. The van der Waals surface area contributed by atoms with Gasteiger partial charge in [0.05, 0.1) is 5.92 Å². The third-order valence-electron chi connectivity index (χ3n) is 4.59. The number of nitrogens with one attached hydrogen (secondary N) is 1. The van der Waals surface area contributed by atoms with Crippen LogP contribution in [0, 0.1) is 18.7 Å². The fourth-order valence-corrected chi connectivity index (χ4v) is 3.28. The average molecular weight is 375 g/mol. The molecule has 1 aliphatic rings. The Hall–Kier alpha value is -2.40. The highest BCUT2D eigenvalue weighted by molar-refractivity contribution is 6.31. The largest absolute Gasteiger partial charge is 0.352 e. The molecule has 0 saturated carbocycles. The maximum absolute atomic E-state index is 13.3. The van der Waals surface area contributed by atoms with Crippen molar-refractivity contribution in [2.45, 2.75) is 26.4 Å². The zero-order valence-corrected chi connectivity index (χ0v) is 15.2. The summed E-state index contributed by atoms with van der Waals surface area (Å²) >= 11 is 6.15. The number of hydrogen-bond acceptors (Lipinski definition) is 2. The van der Waals surface area contributed by atoms with E-state index >= 15 is 0 Å². The van der Waals surface area contributed by atoms with Crippen LogP contribution in [0.4, 0.5) is 4.39 Å². The minimum atomic E-state index is -0.383. The monoisotopic (exact) mass is 374 g/mol. The lowest BCUT2D eigenvalue weighted by molar-refractivity contribution is -0.129. The summed E-state index contributed by atoms with van der Waals surface area (Å²) in [6, 6.07) is 12.1. The van der Waals surface area contributed by atoms with Crippen LogP contribution in [-0.4, -0.2) is 23.3 Å². The summed E-state index contributed by atoms with van der Waals surface area (Å²) in [5.41, 5.74) is 2.23. The Morgan fingerprint density at radius 1 is 1.31 bits per heavy atom. The first-order valence-electron chi connectivity index (χ1n) is 8.48. The molecule has 2 amide bonds. The van der Waals surface area contributed by atoms with E-state index in [1.807, 2.05) is 18.2 Å². The van der Waals surface area contributed by atoms with Crippen LogP contribution in [-0.2, 0) is 22.7 Å². The fourth-order valence-electron chi connectivity index (χ4n) is 3.08. The molecule has 26 heavy (non-hydrogen) atoms. The normalized spacial score (nSPS) is 16.8. The molecular weight excluding hydrogens is 355 g/mol. The molecule has 6 heteroatoms. The Balaban J connectivity index is 1.56. The summed E-state index contributed by atoms with van der Waals surface area (Å²) in [5.74, 6) is -0.868. The molecule has 0 bridgehead atoms. The highest BCUT2D eigenvalue weighted by Gasteiger charge is 2.34. The minimum Gasteiger partial charge on any atom is -0.352 e. The highest BCUT2D eigenvalue weighted by Crippen LogP contribution is 2.23. The third kappa shape index (κ3) is 4.22. The fraction of sp³-hybridized carbons (Fsp3) is 0.300. The van der Waals surface area contributed by atoms with E-state index in [0.29, 0.717) is 30.2 Å². The van der Waals surface area contributed by atoms with Gasteiger partial charge in [-0.15, -0.1) is 0 Å². The van der Waals surface area contributed by atoms with E-state index in [1.54, 1.807) is 30.0 Å². The van der Waals surface area contributed by atoms with Crippen LogP contribution in [0.3, 0.4) is 0 Å². The molecule has 1 unspecified atom stereocenters. The van der Waals surface area contributed by atoms with Gasteiger partial charge in [-0.25, -0.2) is 4.39 Å². The van der Waals surface area contributed by atoms with Gasteiger partial charge in [0, 0.05) is 31.1 Å². The van der Waals surface area contributed by atoms with E-state index in [2.05, 4.69) is 5.32 Å². The second-order valence-electron chi connectivity index (χ2n) is 6.57. The van der Waals surface area contributed by atoms with Gasteiger partial charge in [0.1, 0.15) is 5.82 Å². The quantitative estimate of drug-likeness (QED) is 0.871. The maximum atomic E-state index is 13.3. The summed E-state index contributed by atoms with van der Waals surface area (Å²) in [6.45, 7) is 2.77. The first kappa shape index (κ1) is 18.4. The van der Waals surface area contributed by atoms with Crippen LogP contribution in [0.25, 0.3) is 0 Å². The van der Waals surface area contributed by atoms with Gasteiger partial charge in [0.25, 0.3) is 0 Å². The van der Waals surface area contributed by atoms with Crippen molar-refractivity contribution in [1.29, 1.82) is 0 Å². The van der Waals surface area contributed by atoms with Crippen molar-refractivity contribution < 1.29 is 14.0 Å². The average Bonchev–Trinajstić information content (AvgIpc) is 2.98. The molecule has 1 saturated heterocycles. The smallest absolute Gasteiger partial charge is 0.225 e. The van der Waals surface area contributed by atoms with Crippen LogP contribution in [0.2, 0.25) is 5.02 Å². The number of likely N-dealkylation sites (tertiary alicyclic amines) is 1. The van der Waals surface area contributed by atoms with Crippen molar-refractivity contribution in [2.75, 3.05) is 6.54 Å². The molecule has 0 aromatic heterocycles. The van der Waals surface area contributed by atoms with Crippen molar-refractivity contribution in [1.82, 2.24) is 10.2 Å². The molecule has 1 N–H and O–H groups in total. The second kappa shape index (κ2) is 7.87. The third-order valence-corrected chi connectivity index (χ3v) is 4.96. The number of hydrogen-bond donors (Lipinski definition) is 1. The number of nitrogens with zero attached hydrogens (tertiary/aromatic N) is 1. The number of amides is 2. The van der Waals surface area contributed by atoms with E-state index in [4.69, 9.17) is 11.6 Å². The molecule has 0 aliphatic carbocycles. The van der Waals surface area contributed by atoms with E-state index in [1.165, 1.54) is 6.07 Å². The Labute approximate surface area is 157 Å². The van der Waals surface area contributed by atoms with Crippen molar-refractivity contribution in [2.24, 2.45) is 5.92 Å². The molecule has 2 aromatic rings. The zero-order chi connectivity index (χ0) is 18.7. The van der Waals surface area contributed by atoms with Gasteiger partial charge in [-0.2, -0.15) is 0 Å². The standard InChI is InChI=1S/C20H20ClFN2O2/c1-13-8-14(6-7-18(13)22)10-23-20(26)16-9-19(25)24(12-16)11-15-4-2-3-5-17(15)21/h2-8,16H,9-12H2,1H3,(H,23,26). The van der Waals surface area contributed by atoms with Gasteiger partial charge in [-0.3, -0.25) is 9.59 Å². The van der Waals surface area contributed by atoms with E-state index in [-0.39, 0.29) is 30.0 Å². The molecule has 0 spiro atoms. The molecule has 0 radical (unpaired) electrons. The van der Waals surface area contributed by atoms with Gasteiger partial charge < -0.3 is 10.2 Å². The maximum Gasteiger partial charge on any atom is 0.225 e. The molecule has 136 valence electrons. The second-order valence-corrected chi connectivity index (χ2v) is 6.98. The highest BCUT2D eigenvalue weighted by atomic mass is 35.5. The summed E-state index contributed by atoms with van der Waals surface area (Å²) in [7, 11) is 0. The number of carbonyl (C=O) groups excluding carboxylic acids is 2. The Morgan fingerprint density at radius 3 is 2.81 bits per heavy atom. The van der Waals surface area contributed by atoms with Crippen LogP contribution < -0.4 is 5.32 Å². The summed E-state index contributed by atoms with van der Waals surface area (Å²) in [4.78, 5) is 26.3. The van der Waals surface area contributed by atoms with Crippen LogP contribution in [0.15, 0.2) is 42.5 Å². The number of aryl methyl sites for hydroxylation is 1. The topological polar surface area (TPSA) is 49.4 Å². The number of rotatable bonds is 5. The first-order chi connectivity index (χ1) is 12.4. The SMILES string of the molecule is Cc1cc(CNC(=O)C2CC(=O)N(Cc3ccccc3Cl)C2)ccc1F. The molecule has 1 heterocycles. The lowest BCUT2D eigenvalue weighted by Crippen LogP contribution is -2.32. The van der Waals surface area contributed by atoms with Crippen molar-refractivity contribution in [3.05, 3.63) is 70.0 Å². The first-order valence-corrected chi connectivity index (χ1v) is 8.86. The predicted octanol–water partition coefficient (Wildman–Crippen LogP) is 3.45. The summed E-state index contributed by atoms with van der Waals surface area (Å²) in [5, 5.41) is 3.45.